The van der Waals surface area contributed by atoms with Crippen molar-refractivity contribution >= 4 is 20.9 Å². The molecular weight excluding hydrogens is 275 g/mol. The van der Waals surface area contributed by atoms with Crippen LogP contribution in [0.2, 0.25) is 0 Å². The first kappa shape index (κ1) is 16.3. The van der Waals surface area contributed by atoms with E-state index in [9.17, 15) is 13.0 Å². The van der Waals surface area contributed by atoms with E-state index in [1.54, 1.807) is 6.07 Å². The summed E-state index contributed by atoms with van der Waals surface area (Å²) >= 11 is 0. The molecule has 0 aliphatic rings. The number of hydrogen-bond acceptors (Lipinski definition) is 3. The van der Waals surface area contributed by atoms with Gasteiger partial charge in [-0.3, -0.25) is 0 Å². The summed E-state index contributed by atoms with van der Waals surface area (Å²) in [5.74, 6) is 0. The van der Waals surface area contributed by atoms with Crippen LogP contribution in [0.25, 0.3) is 10.8 Å². The monoisotopic (exact) mass is 288 g/mol. The first-order valence-electron chi connectivity index (χ1n) is 5.50. The van der Waals surface area contributed by atoms with Gasteiger partial charge in [0.1, 0.15) is 10.1 Å². The Hall–Kier alpha value is 0.246. The van der Waals surface area contributed by atoms with Crippen LogP contribution in [0.15, 0.2) is 41.3 Å². The maximum absolute atomic E-state index is 11.2. The first-order chi connectivity index (χ1) is 8.04. The quantitative estimate of drug-likeness (QED) is 0.575. The van der Waals surface area contributed by atoms with Gasteiger partial charge in [0.05, 0.1) is 4.90 Å². The van der Waals surface area contributed by atoms with Gasteiger partial charge in [0.15, 0.2) is 0 Å². The first-order valence-corrected chi connectivity index (χ1v) is 6.91. The van der Waals surface area contributed by atoms with E-state index in [-0.39, 0.29) is 56.3 Å². The largest absolute Gasteiger partial charge is 1.00 e. The molecule has 0 aliphatic carbocycles. The van der Waals surface area contributed by atoms with Crippen molar-refractivity contribution in [3.63, 3.8) is 0 Å². The predicted molar refractivity (Wildman–Crippen MR) is 65.9 cm³/mol. The molecule has 0 heterocycles. The van der Waals surface area contributed by atoms with Crippen molar-refractivity contribution in [2.75, 3.05) is 0 Å². The van der Waals surface area contributed by atoms with Gasteiger partial charge in [-0.1, -0.05) is 43.7 Å². The molecule has 90 valence electrons. The molecule has 0 atom stereocenters. The summed E-state index contributed by atoms with van der Waals surface area (Å²) in [7, 11) is -4.40. The van der Waals surface area contributed by atoms with E-state index in [1.165, 1.54) is 6.07 Å². The van der Waals surface area contributed by atoms with Gasteiger partial charge in [-0.2, -0.15) is 0 Å². The third-order valence-corrected chi connectivity index (χ3v) is 3.69. The van der Waals surface area contributed by atoms with Gasteiger partial charge >= 0.3 is 51.4 Å². The minimum absolute atomic E-state index is 0. The standard InChI is InChI=1S/C13H14O3S.K/c1-2-5-12-11-7-4-3-6-10(11)8-9-13(12)17(14,15)16;/h3-4,6-9H,2,5H2,1H3,(H,14,15,16);/q;+1/p-1. The van der Waals surface area contributed by atoms with E-state index >= 15 is 0 Å². The summed E-state index contributed by atoms with van der Waals surface area (Å²) in [6.07, 6.45) is 1.40. The summed E-state index contributed by atoms with van der Waals surface area (Å²) in [6.45, 7) is 1.96. The average molecular weight is 288 g/mol. The average Bonchev–Trinajstić information content (AvgIpc) is 2.28. The number of fused-ring (bicyclic) bond motifs is 1. The molecule has 0 aromatic heterocycles. The molecule has 0 aliphatic heterocycles. The van der Waals surface area contributed by atoms with Crippen LogP contribution in [0.3, 0.4) is 0 Å². The third-order valence-electron chi connectivity index (χ3n) is 2.77. The topological polar surface area (TPSA) is 57.2 Å². The van der Waals surface area contributed by atoms with E-state index in [4.69, 9.17) is 0 Å². The van der Waals surface area contributed by atoms with Gasteiger partial charge in [-0.05, 0) is 28.8 Å². The van der Waals surface area contributed by atoms with Gasteiger partial charge in [0.25, 0.3) is 0 Å². The molecular formula is C13H13KO3S. The molecule has 2 rings (SSSR count). The normalized spacial score (nSPS) is 11.2. The zero-order chi connectivity index (χ0) is 12.5. The van der Waals surface area contributed by atoms with E-state index < -0.39 is 10.1 Å². The molecule has 0 N–H and O–H groups in total. The molecule has 2 aromatic rings. The zero-order valence-corrected chi connectivity index (χ0v) is 14.5. The fourth-order valence-electron chi connectivity index (χ4n) is 2.06. The van der Waals surface area contributed by atoms with Gasteiger partial charge in [0.2, 0.25) is 0 Å². The molecule has 3 nitrogen and oxygen atoms in total. The Bertz CT molecular complexity index is 650. The minimum Gasteiger partial charge on any atom is -0.744 e. The van der Waals surface area contributed by atoms with Crippen LogP contribution in [-0.2, 0) is 16.5 Å². The second-order valence-electron chi connectivity index (χ2n) is 3.97. The van der Waals surface area contributed by atoms with E-state index in [0.717, 1.165) is 17.2 Å². The van der Waals surface area contributed by atoms with Crippen LogP contribution in [0.5, 0.6) is 0 Å². The fourth-order valence-corrected chi connectivity index (χ4v) is 2.81. The molecule has 0 saturated heterocycles. The van der Waals surface area contributed by atoms with Crippen molar-refractivity contribution in [3.8, 4) is 0 Å². The Labute approximate surface area is 150 Å². The smallest absolute Gasteiger partial charge is 0.744 e. The molecule has 5 heteroatoms. The molecule has 0 spiro atoms. The Morgan fingerprint density at radius 3 is 2.39 bits per heavy atom. The molecule has 0 fully saturated rings. The van der Waals surface area contributed by atoms with Crippen molar-refractivity contribution in [1.29, 1.82) is 0 Å². The molecule has 0 radical (unpaired) electrons. The molecule has 18 heavy (non-hydrogen) atoms. The molecule has 0 amide bonds. The van der Waals surface area contributed by atoms with Crippen molar-refractivity contribution in [3.05, 3.63) is 42.0 Å². The summed E-state index contributed by atoms with van der Waals surface area (Å²) < 4.78 is 33.6. The fraction of sp³-hybridized carbons (Fsp3) is 0.231. The van der Waals surface area contributed by atoms with Crippen molar-refractivity contribution in [2.24, 2.45) is 0 Å². The Morgan fingerprint density at radius 2 is 1.78 bits per heavy atom. The second-order valence-corrected chi connectivity index (χ2v) is 5.32. The van der Waals surface area contributed by atoms with Crippen molar-refractivity contribution in [1.82, 2.24) is 0 Å². The number of rotatable bonds is 3. The zero-order valence-electron chi connectivity index (χ0n) is 10.5. The summed E-state index contributed by atoms with van der Waals surface area (Å²) in [5, 5.41) is 1.81. The Morgan fingerprint density at radius 1 is 1.11 bits per heavy atom. The van der Waals surface area contributed by atoms with Crippen LogP contribution in [0.4, 0.5) is 0 Å². The maximum Gasteiger partial charge on any atom is 1.00 e. The molecule has 0 bridgehead atoms. The minimum atomic E-state index is -4.40. The molecule has 2 aromatic carbocycles. The van der Waals surface area contributed by atoms with Crippen LogP contribution in [0, 0.1) is 0 Å². The van der Waals surface area contributed by atoms with Crippen molar-refractivity contribution in [2.45, 2.75) is 24.7 Å². The summed E-state index contributed by atoms with van der Waals surface area (Å²) in [4.78, 5) is -0.0851. The molecule has 0 unspecified atom stereocenters. The second kappa shape index (κ2) is 6.61. The SMILES string of the molecule is CCCc1c(S(=O)(=O)[O-])ccc2ccccc12.[K+]. The Kier molecular flexibility index (Phi) is 5.98. The number of hydrogen-bond donors (Lipinski definition) is 0. The third kappa shape index (κ3) is 3.42. The van der Waals surface area contributed by atoms with Crippen LogP contribution in [-0.4, -0.2) is 13.0 Å². The summed E-state index contributed by atoms with van der Waals surface area (Å²) in [5.41, 5.74) is 0.639. The van der Waals surface area contributed by atoms with Gasteiger partial charge < -0.3 is 4.55 Å². The molecule has 0 saturated carbocycles. The van der Waals surface area contributed by atoms with Crippen LogP contribution >= 0.6 is 0 Å². The Balaban J connectivity index is 0.00000162. The maximum atomic E-state index is 11.2. The van der Waals surface area contributed by atoms with Gasteiger partial charge in [0, 0.05) is 0 Å². The van der Waals surface area contributed by atoms with Crippen molar-refractivity contribution < 1.29 is 64.4 Å². The van der Waals surface area contributed by atoms with Gasteiger partial charge in [-0.15, -0.1) is 0 Å². The predicted octanol–water partition coefficient (Wildman–Crippen LogP) is -0.300. The number of benzene rings is 2. The van der Waals surface area contributed by atoms with E-state index in [0.29, 0.717) is 12.0 Å². The van der Waals surface area contributed by atoms with Gasteiger partial charge in [-0.25, -0.2) is 8.42 Å². The van der Waals surface area contributed by atoms with Crippen LogP contribution < -0.4 is 51.4 Å². The number of aryl methyl sites for hydroxylation is 1. The van der Waals surface area contributed by atoms with Crippen LogP contribution in [0.1, 0.15) is 18.9 Å². The summed E-state index contributed by atoms with van der Waals surface area (Å²) in [6, 6.07) is 10.6. The van der Waals surface area contributed by atoms with E-state index in [1.807, 2.05) is 31.2 Å². The van der Waals surface area contributed by atoms with E-state index in [2.05, 4.69) is 0 Å².